The van der Waals surface area contributed by atoms with Crippen molar-refractivity contribution in [3.63, 3.8) is 0 Å². The van der Waals surface area contributed by atoms with Gasteiger partial charge in [-0.15, -0.1) is 5.19 Å². The van der Waals surface area contributed by atoms with E-state index in [0.29, 0.717) is 0 Å². The predicted molar refractivity (Wildman–Crippen MR) is 175 cm³/mol. The molecule has 0 heterocycles. The van der Waals surface area contributed by atoms with Crippen LogP contribution in [-0.2, 0) is 47.4 Å². The summed E-state index contributed by atoms with van der Waals surface area (Å²) in [5, 5.41) is 6.02. The molecule has 0 atom stereocenters. The largest absolute Gasteiger partial charge is 4.00 e. The third-order valence-electron chi connectivity index (χ3n) is 8.41. The molecule has 0 fully saturated rings. The Morgan fingerprint density at radius 2 is 0.791 bits per heavy atom. The quantitative estimate of drug-likeness (QED) is 0.0836. The van der Waals surface area contributed by atoms with E-state index in [1.54, 1.807) is 0 Å². The first-order valence-corrected chi connectivity index (χ1v) is 17.7. The van der Waals surface area contributed by atoms with Crippen LogP contribution >= 0.6 is 0 Å². The van der Waals surface area contributed by atoms with Crippen LogP contribution in [0.1, 0.15) is 94.9 Å². The van der Waals surface area contributed by atoms with Crippen molar-refractivity contribution in [3.05, 3.63) is 113 Å². The van der Waals surface area contributed by atoms with Crippen LogP contribution in [0.3, 0.4) is 0 Å². The molecule has 0 unspecified atom stereocenters. The maximum Gasteiger partial charge on any atom is 4.00 e. The molecule has 0 amide bonds. The molecule has 0 aromatic heterocycles. The minimum Gasteiger partial charge on any atom is -1.00 e. The topological polar surface area (TPSA) is 0 Å². The monoisotopic (exact) mass is 686 g/mol. The zero-order valence-corrected chi connectivity index (χ0v) is 31.4. The SMILES string of the molecule is CCCCc1ccc([Si](c2ccc(CCCC)cc2)(c2ccc(CCCC)cc2)[c-]2ccc(CCC)c2)cc1.[Cl-].[Cl-].[Cl-].[Ti+4]. The fraction of sp³-hybridized carbons (Fsp3) is 0.395. The van der Waals surface area contributed by atoms with Gasteiger partial charge < -0.3 is 37.2 Å². The maximum absolute atomic E-state index is 2.54. The number of hydrogen-bond donors (Lipinski definition) is 0. The molecule has 43 heavy (non-hydrogen) atoms. The molecule has 230 valence electrons. The summed E-state index contributed by atoms with van der Waals surface area (Å²) in [4.78, 5) is 0. The van der Waals surface area contributed by atoms with Gasteiger partial charge in [0.25, 0.3) is 0 Å². The second-order valence-electron chi connectivity index (χ2n) is 11.4. The van der Waals surface area contributed by atoms with Crippen molar-refractivity contribution in [1.29, 1.82) is 0 Å². The third-order valence-corrected chi connectivity index (χ3v) is 13.2. The van der Waals surface area contributed by atoms with Gasteiger partial charge in [-0.2, -0.15) is 17.7 Å². The van der Waals surface area contributed by atoms with Crippen molar-refractivity contribution >= 4 is 28.8 Å². The van der Waals surface area contributed by atoms with E-state index in [9.17, 15) is 0 Å². The Morgan fingerprint density at radius 3 is 1.09 bits per heavy atom. The van der Waals surface area contributed by atoms with Gasteiger partial charge in [-0.3, -0.25) is 0 Å². The van der Waals surface area contributed by atoms with Crippen molar-refractivity contribution in [2.24, 2.45) is 0 Å². The van der Waals surface area contributed by atoms with Crippen LogP contribution in [0, 0.1) is 0 Å². The molecule has 0 spiro atoms. The zero-order chi connectivity index (χ0) is 27.5. The van der Waals surface area contributed by atoms with Gasteiger partial charge in [0.1, 0.15) is 8.07 Å². The summed E-state index contributed by atoms with van der Waals surface area (Å²) in [6.07, 6.45) is 13.3. The van der Waals surface area contributed by atoms with E-state index in [1.807, 2.05) is 0 Å². The molecule has 0 aliphatic heterocycles. The maximum atomic E-state index is 2.54. The van der Waals surface area contributed by atoms with Gasteiger partial charge in [0.05, 0.1) is 0 Å². The Balaban J connectivity index is 0.00000441. The Labute approximate surface area is 297 Å². The molecule has 0 N–H and O–H groups in total. The van der Waals surface area contributed by atoms with Crippen molar-refractivity contribution in [3.8, 4) is 0 Å². The first-order valence-electron chi connectivity index (χ1n) is 15.7. The number of hydrogen-bond acceptors (Lipinski definition) is 0. The Bertz CT molecular complexity index is 1140. The number of aryl methyl sites for hydroxylation is 4. The second kappa shape index (κ2) is 21.5. The number of unbranched alkanes of at least 4 members (excludes halogenated alkanes) is 3. The fourth-order valence-corrected chi connectivity index (χ4v) is 10.8. The van der Waals surface area contributed by atoms with E-state index in [4.69, 9.17) is 0 Å². The minimum absolute atomic E-state index is 0. The first kappa shape index (κ1) is 41.8. The van der Waals surface area contributed by atoms with Crippen molar-refractivity contribution in [1.82, 2.24) is 0 Å². The van der Waals surface area contributed by atoms with Gasteiger partial charge in [-0.05, 0) is 55.2 Å². The molecule has 0 saturated heterocycles. The number of benzene rings is 3. The van der Waals surface area contributed by atoms with E-state index in [0.717, 1.165) is 6.42 Å². The van der Waals surface area contributed by atoms with Gasteiger partial charge >= 0.3 is 21.7 Å². The Kier molecular flexibility index (Phi) is 20.9. The molecule has 4 aromatic carbocycles. The molecule has 0 aliphatic rings. The normalized spacial score (nSPS) is 10.6. The van der Waals surface area contributed by atoms with Crippen molar-refractivity contribution in [2.75, 3.05) is 0 Å². The van der Waals surface area contributed by atoms with Crippen LogP contribution in [0.2, 0.25) is 0 Å². The van der Waals surface area contributed by atoms with Gasteiger partial charge in [0, 0.05) is 0 Å². The van der Waals surface area contributed by atoms with E-state index < -0.39 is 8.07 Å². The van der Waals surface area contributed by atoms with Crippen LogP contribution in [0.4, 0.5) is 0 Å². The molecule has 4 rings (SSSR count). The summed E-state index contributed by atoms with van der Waals surface area (Å²) in [6.45, 7) is 9.13. The van der Waals surface area contributed by atoms with Crippen LogP contribution < -0.4 is 58.0 Å². The summed E-state index contributed by atoms with van der Waals surface area (Å²) >= 11 is 0. The summed E-state index contributed by atoms with van der Waals surface area (Å²) in [6, 6.07) is 36.7. The standard InChI is InChI=1S/C38H49Si.3ClH.Ti/c1-5-9-13-31-16-23-35(24-17-31)39(38-29-22-34(30-38)12-8-4,36-25-18-32(19-26-36)14-10-6-2)37-27-20-33(21-28-37)15-11-7-3;;;;/h16-30H,5-15H2,1-4H3;3*1H;/q-1;;;;+4/p-3. The van der Waals surface area contributed by atoms with Gasteiger partial charge in [0.2, 0.25) is 0 Å². The molecule has 0 saturated carbocycles. The van der Waals surface area contributed by atoms with Crippen LogP contribution in [0.25, 0.3) is 0 Å². The fourth-order valence-electron chi connectivity index (χ4n) is 6.08. The number of halogens is 3. The van der Waals surface area contributed by atoms with E-state index in [1.165, 1.54) is 107 Å². The van der Waals surface area contributed by atoms with Crippen LogP contribution in [0.5, 0.6) is 0 Å². The van der Waals surface area contributed by atoms with E-state index >= 15 is 0 Å². The van der Waals surface area contributed by atoms with E-state index in [-0.39, 0.29) is 58.9 Å². The molecule has 0 aliphatic carbocycles. The van der Waals surface area contributed by atoms with E-state index in [2.05, 4.69) is 119 Å². The van der Waals surface area contributed by atoms with Crippen molar-refractivity contribution in [2.45, 2.75) is 98.3 Å². The van der Waals surface area contributed by atoms with Gasteiger partial charge in [0.15, 0.2) is 0 Å². The third kappa shape index (κ3) is 10.4. The summed E-state index contributed by atoms with van der Waals surface area (Å²) < 4.78 is 0. The minimum atomic E-state index is -2.47. The molecular formula is C38H49Cl3SiTi. The summed E-state index contributed by atoms with van der Waals surface area (Å²) in [5.74, 6) is 0. The first-order chi connectivity index (χ1) is 19.1. The predicted octanol–water partition coefficient (Wildman–Crippen LogP) is -1.23. The number of rotatable bonds is 15. The van der Waals surface area contributed by atoms with Crippen LogP contribution in [-0.4, -0.2) is 8.07 Å². The van der Waals surface area contributed by atoms with Gasteiger partial charge in [-0.1, -0.05) is 148 Å². The smallest absolute Gasteiger partial charge is 1.00 e. The molecule has 4 aromatic rings. The zero-order valence-electron chi connectivity index (χ0n) is 26.6. The molecule has 0 radical (unpaired) electrons. The average molecular weight is 688 g/mol. The average Bonchev–Trinajstić information content (AvgIpc) is 3.45. The van der Waals surface area contributed by atoms with Crippen LogP contribution in [0.15, 0.2) is 91.0 Å². The molecular weight excluding hydrogens is 639 g/mol. The Morgan fingerprint density at radius 1 is 0.442 bits per heavy atom. The molecule has 0 nitrogen and oxygen atoms in total. The van der Waals surface area contributed by atoms with Crippen molar-refractivity contribution < 1.29 is 58.9 Å². The summed E-state index contributed by atoms with van der Waals surface area (Å²) in [7, 11) is -2.47. The molecule has 0 bridgehead atoms. The van der Waals surface area contributed by atoms with Gasteiger partial charge in [-0.25, -0.2) is 6.07 Å². The summed E-state index contributed by atoms with van der Waals surface area (Å²) in [5.41, 5.74) is 5.86. The molecule has 5 heteroatoms. The second-order valence-corrected chi connectivity index (χ2v) is 15.2. The Hall–Kier alpha value is -1.19.